The summed E-state index contributed by atoms with van der Waals surface area (Å²) in [4.78, 5) is 24.2. The van der Waals surface area contributed by atoms with Crippen LogP contribution >= 0.6 is 11.3 Å². The van der Waals surface area contributed by atoms with E-state index in [4.69, 9.17) is 4.42 Å². The van der Waals surface area contributed by atoms with Crippen molar-refractivity contribution >= 4 is 28.1 Å². The number of hydrogen-bond donors (Lipinski definition) is 2. The van der Waals surface area contributed by atoms with E-state index in [9.17, 15) is 4.79 Å². The van der Waals surface area contributed by atoms with Crippen LogP contribution in [0.1, 0.15) is 45.3 Å². The summed E-state index contributed by atoms with van der Waals surface area (Å²) in [6.07, 6.45) is 4.44. The third-order valence-corrected chi connectivity index (χ3v) is 6.98. The fourth-order valence-corrected chi connectivity index (χ4v) is 4.97. The first-order valence-corrected chi connectivity index (χ1v) is 12.6. The van der Waals surface area contributed by atoms with Crippen LogP contribution in [-0.2, 0) is 19.5 Å². The first-order chi connectivity index (χ1) is 17.2. The first kappa shape index (κ1) is 23.1. The maximum Gasteiger partial charge on any atom is 0.273 e. The number of para-hydroxylation sites is 1. The van der Waals surface area contributed by atoms with Crippen LogP contribution in [0.15, 0.2) is 89.0 Å². The molecule has 2 aromatic carbocycles. The standard InChI is InChI=1S/C28H28N4O2S/c1-20(21-8-3-2-4-9-21)30-28(33)26-19-34-27(31-26)18-32(17-23-10-7-15-35-23)14-13-22-16-29-25-12-6-5-11-24(22)25/h2-12,15-16,19-20,29H,13-14,17-18H2,1H3,(H,30,33). The highest BCUT2D eigenvalue weighted by atomic mass is 32.1. The highest BCUT2D eigenvalue weighted by Gasteiger charge is 2.18. The van der Waals surface area contributed by atoms with Crippen molar-refractivity contribution in [3.8, 4) is 0 Å². The van der Waals surface area contributed by atoms with Crippen LogP contribution in [0.4, 0.5) is 0 Å². The van der Waals surface area contributed by atoms with Crippen LogP contribution in [0.2, 0.25) is 0 Å². The number of carbonyl (C=O) groups excluding carboxylic acids is 1. The Labute approximate surface area is 208 Å². The predicted molar refractivity (Wildman–Crippen MR) is 139 cm³/mol. The van der Waals surface area contributed by atoms with E-state index in [1.54, 1.807) is 11.3 Å². The Hall–Kier alpha value is -3.68. The third-order valence-electron chi connectivity index (χ3n) is 6.12. The van der Waals surface area contributed by atoms with Gasteiger partial charge in [0.1, 0.15) is 6.26 Å². The molecule has 0 aliphatic rings. The zero-order valence-corrected chi connectivity index (χ0v) is 20.4. The van der Waals surface area contributed by atoms with E-state index in [0.29, 0.717) is 18.1 Å². The fourth-order valence-electron chi connectivity index (χ4n) is 4.23. The summed E-state index contributed by atoms with van der Waals surface area (Å²) in [5.74, 6) is 0.304. The summed E-state index contributed by atoms with van der Waals surface area (Å²) in [6, 6.07) is 22.3. The van der Waals surface area contributed by atoms with Gasteiger partial charge >= 0.3 is 0 Å². The summed E-state index contributed by atoms with van der Waals surface area (Å²) in [5.41, 5.74) is 3.79. The van der Waals surface area contributed by atoms with E-state index in [1.807, 2.05) is 43.3 Å². The number of oxazole rings is 1. The number of fused-ring (bicyclic) bond motifs is 1. The first-order valence-electron chi connectivity index (χ1n) is 11.8. The van der Waals surface area contributed by atoms with Crippen molar-refractivity contribution in [3.05, 3.63) is 112 Å². The van der Waals surface area contributed by atoms with Gasteiger partial charge in [0.2, 0.25) is 5.89 Å². The van der Waals surface area contributed by atoms with Crippen LogP contribution in [0, 0.1) is 0 Å². The number of nitrogens with one attached hydrogen (secondary N) is 2. The molecular formula is C28H28N4O2S. The van der Waals surface area contributed by atoms with Crippen LogP contribution < -0.4 is 5.32 Å². The molecule has 2 N–H and O–H groups in total. The number of aromatic amines is 1. The number of nitrogens with zero attached hydrogens (tertiary/aromatic N) is 2. The second-order valence-electron chi connectivity index (χ2n) is 8.63. The van der Waals surface area contributed by atoms with Gasteiger partial charge in [-0.05, 0) is 42.0 Å². The number of aromatic nitrogens is 2. The Morgan fingerprint density at radius 2 is 1.91 bits per heavy atom. The number of hydrogen-bond acceptors (Lipinski definition) is 5. The van der Waals surface area contributed by atoms with Crippen LogP contribution in [0.3, 0.4) is 0 Å². The molecule has 1 amide bonds. The van der Waals surface area contributed by atoms with Gasteiger partial charge in [0.25, 0.3) is 5.91 Å². The molecule has 0 aliphatic carbocycles. The number of thiophene rings is 1. The lowest BCUT2D eigenvalue weighted by molar-refractivity contribution is 0.0934. The Morgan fingerprint density at radius 3 is 2.74 bits per heavy atom. The highest BCUT2D eigenvalue weighted by Crippen LogP contribution is 2.20. The fraction of sp³-hybridized carbons (Fsp3) is 0.214. The summed E-state index contributed by atoms with van der Waals surface area (Å²) < 4.78 is 5.71. The second kappa shape index (κ2) is 10.7. The minimum atomic E-state index is -0.236. The van der Waals surface area contributed by atoms with E-state index < -0.39 is 0 Å². The lowest BCUT2D eigenvalue weighted by atomic mass is 10.1. The maximum absolute atomic E-state index is 12.7. The molecule has 0 saturated carbocycles. The largest absolute Gasteiger partial charge is 0.447 e. The Bertz CT molecular complexity index is 1370. The molecule has 7 heteroatoms. The van der Waals surface area contributed by atoms with Gasteiger partial charge in [0.15, 0.2) is 5.69 Å². The molecule has 6 nitrogen and oxygen atoms in total. The van der Waals surface area contributed by atoms with Gasteiger partial charge in [0.05, 0.1) is 12.6 Å². The summed E-state index contributed by atoms with van der Waals surface area (Å²) in [6.45, 7) is 4.13. The predicted octanol–water partition coefficient (Wildman–Crippen LogP) is 5.95. The van der Waals surface area contributed by atoms with E-state index in [-0.39, 0.29) is 11.9 Å². The number of benzene rings is 2. The van der Waals surface area contributed by atoms with Crippen LogP contribution in [0.5, 0.6) is 0 Å². The van der Waals surface area contributed by atoms with Gasteiger partial charge < -0.3 is 14.7 Å². The SMILES string of the molecule is CC(NC(=O)c1coc(CN(CCc2c[nH]c3ccccc23)Cc2cccs2)n1)c1ccccc1. The molecule has 3 heterocycles. The molecule has 0 aliphatic heterocycles. The van der Waals surface area contributed by atoms with Gasteiger partial charge in [-0.25, -0.2) is 4.98 Å². The molecular weight excluding hydrogens is 456 g/mol. The lowest BCUT2D eigenvalue weighted by Gasteiger charge is -2.20. The molecule has 0 radical (unpaired) electrons. The van der Waals surface area contributed by atoms with E-state index in [2.05, 4.69) is 62.1 Å². The van der Waals surface area contributed by atoms with Crippen molar-refractivity contribution in [2.75, 3.05) is 6.54 Å². The topological polar surface area (TPSA) is 74.2 Å². The van der Waals surface area contributed by atoms with Crippen molar-refractivity contribution in [1.82, 2.24) is 20.2 Å². The van der Waals surface area contributed by atoms with Gasteiger partial charge in [-0.2, -0.15) is 0 Å². The van der Waals surface area contributed by atoms with Crippen LogP contribution in [-0.4, -0.2) is 27.3 Å². The van der Waals surface area contributed by atoms with Crippen molar-refractivity contribution in [3.63, 3.8) is 0 Å². The lowest BCUT2D eigenvalue weighted by Crippen LogP contribution is -2.27. The zero-order chi connectivity index (χ0) is 24.0. The molecule has 0 spiro atoms. The second-order valence-corrected chi connectivity index (χ2v) is 9.66. The van der Waals surface area contributed by atoms with Crippen molar-refractivity contribution in [2.45, 2.75) is 32.5 Å². The van der Waals surface area contributed by atoms with E-state index in [0.717, 1.165) is 30.6 Å². The Balaban J connectivity index is 1.25. The summed E-state index contributed by atoms with van der Waals surface area (Å²) >= 11 is 1.74. The highest BCUT2D eigenvalue weighted by molar-refractivity contribution is 7.09. The van der Waals surface area contributed by atoms with E-state index in [1.165, 1.54) is 22.1 Å². The van der Waals surface area contributed by atoms with Gasteiger partial charge in [-0.3, -0.25) is 9.69 Å². The zero-order valence-electron chi connectivity index (χ0n) is 19.6. The Kier molecular flexibility index (Phi) is 7.07. The summed E-state index contributed by atoms with van der Waals surface area (Å²) in [7, 11) is 0. The smallest absolute Gasteiger partial charge is 0.273 e. The van der Waals surface area contributed by atoms with Gasteiger partial charge in [0, 0.05) is 35.1 Å². The normalized spacial score (nSPS) is 12.3. The maximum atomic E-state index is 12.7. The quantitative estimate of drug-likeness (QED) is 0.257. The van der Waals surface area contributed by atoms with Gasteiger partial charge in [-0.15, -0.1) is 11.3 Å². The molecule has 0 bridgehead atoms. The molecule has 0 saturated heterocycles. The number of rotatable bonds is 10. The van der Waals surface area contributed by atoms with Crippen molar-refractivity contribution < 1.29 is 9.21 Å². The van der Waals surface area contributed by atoms with Gasteiger partial charge in [-0.1, -0.05) is 54.6 Å². The van der Waals surface area contributed by atoms with Crippen molar-refractivity contribution in [1.29, 1.82) is 0 Å². The molecule has 3 aromatic heterocycles. The molecule has 35 heavy (non-hydrogen) atoms. The molecule has 0 fully saturated rings. The van der Waals surface area contributed by atoms with Crippen LogP contribution in [0.25, 0.3) is 10.9 Å². The van der Waals surface area contributed by atoms with E-state index >= 15 is 0 Å². The number of amides is 1. The molecule has 1 unspecified atom stereocenters. The Morgan fingerprint density at radius 1 is 1.09 bits per heavy atom. The molecule has 5 rings (SSSR count). The summed E-state index contributed by atoms with van der Waals surface area (Å²) in [5, 5.41) is 6.35. The average molecular weight is 485 g/mol. The molecule has 178 valence electrons. The van der Waals surface area contributed by atoms with Crippen molar-refractivity contribution in [2.24, 2.45) is 0 Å². The number of H-pyrrole nitrogens is 1. The average Bonchev–Trinajstić information content (AvgIpc) is 3.65. The number of carbonyl (C=O) groups is 1. The molecule has 5 aromatic rings. The monoisotopic (exact) mass is 484 g/mol. The minimum absolute atomic E-state index is 0.115. The molecule has 1 atom stereocenters. The minimum Gasteiger partial charge on any atom is -0.447 e. The third kappa shape index (κ3) is 5.70.